The number of amides is 1. The topological polar surface area (TPSA) is 47.6 Å². The molecule has 108 valence electrons. The fourth-order valence-electron chi connectivity index (χ4n) is 1.62. The Hall–Kier alpha value is -2.75. The van der Waals surface area contributed by atoms with Crippen LogP contribution in [0, 0.1) is 0 Å². The molecule has 0 atom stereocenters. The zero-order valence-corrected chi connectivity index (χ0v) is 12.0. The quantitative estimate of drug-likeness (QED) is 0.673. The summed E-state index contributed by atoms with van der Waals surface area (Å²) in [6.45, 7) is 1.70. The summed E-state index contributed by atoms with van der Waals surface area (Å²) in [5.74, 6) is 1.20. The number of hydrogen-bond donors (Lipinski definition) is 1. The van der Waals surface area contributed by atoms with Gasteiger partial charge in [-0.1, -0.05) is 18.2 Å². The van der Waals surface area contributed by atoms with E-state index in [2.05, 4.69) is 5.32 Å². The van der Waals surface area contributed by atoms with Gasteiger partial charge in [-0.05, 0) is 43.3 Å². The molecular weight excluding hydrogens is 266 g/mol. The molecular formula is C17H17NO3. The largest absolute Gasteiger partial charge is 0.497 e. The van der Waals surface area contributed by atoms with Crippen LogP contribution in [-0.4, -0.2) is 13.0 Å². The Morgan fingerprint density at radius 2 is 1.62 bits per heavy atom. The first-order chi connectivity index (χ1) is 10.2. The van der Waals surface area contributed by atoms with Crippen molar-refractivity contribution in [3.63, 3.8) is 0 Å². The minimum absolute atomic E-state index is 0.199. The minimum Gasteiger partial charge on any atom is -0.497 e. The molecule has 1 N–H and O–H groups in total. The molecule has 0 radical (unpaired) electrons. The summed E-state index contributed by atoms with van der Waals surface area (Å²) in [7, 11) is 1.60. The monoisotopic (exact) mass is 283 g/mol. The minimum atomic E-state index is -0.199. The number of benzene rings is 2. The number of para-hydroxylation sites is 1. The molecule has 0 aromatic heterocycles. The summed E-state index contributed by atoms with van der Waals surface area (Å²) in [6, 6.07) is 16.4. The fraction of sp³-hybridized carbons (Fsp3) is 0.118. The standard InChI is InChI=1S/C17H17NO3/c1-13(17(19)18-14-6-4-3-5-7-14)12-21-16-10-8-15(20-2)9-11-16/h3-12H,1-2H3,(H,18,19). The van der Waals surface area contributed by atoms with Gasteiger partial charge in [-0.15, -0.1) is 0 Å². The van der Waals surface area contributed by atoms with Crippen LogP contribution >= 0.6 is 0 Å². The number of nitrogens with one attached hydrogen (secondary N) is 1. The van der Waals surface area contributed by atoms with Crippen molar-refractivity contribution in [2.75, 3.05) is 12.4 Å². The van der Waals surface area contributed by atoms with Crippen LogP contribution in [0.3, 0.4) is 0 Å². The molecule has 2 aromatic rings. The maximum absolute atomic E-state index is 12.0. The Morgan fingerprint density at radius 3 is 2.24 bits per heavy atom. The number of rotatable bonds is 5. The average Bonchev–Trinajstić information content (AvgIpc) is 2.54. The van der Waals surface area contributed by atoms with Crippen molar-refractivity contribution in [3.05, 3.63) is 66.4 Å². The van der Waals surface area contributed by atoms with Crippen LogP contribution in [-0.2, 0) is 4.79 Å². The summed E-state index contributed by atoms with van der Waals surface area (Å²) in [5.41, 5.74) is 1.23. The Balaban J connectivity index is 1.95. The molecule has 0 saturated heterocycles. The zero-order chi connectivity index (χ0) is 15.1. The highest BCUT2D eigenvalue weighted by Gasteiger charge is 2.05. The Morgan fingerprint density at radius 1 is 1.00 bits per heavy atom. The van der Waals surface area contributed by atoms with E-state index < -0.39 is 0 Å². The van der Waals surface area contributed by atoms with E-state index in [4.69, 9.17) is 9.47 Å². The van der Waals surface area contributed by atoms with Crippen LogP contribution in [0.4, 0.5) is 5.69 Å². The van der Waals surface area contributed by atoms with E-state index >= 15 is 0 Å². The first-order valence-corrected chi connectivity index (χ1v) is 6.53. The summed E-state index contributed by atoms with van der Waals surface area (Å²) in [5, 5.41) is 2.79. The molecule has 0 spiro atoms. The molecule has 0 unspecified atom stereocenters. The van der Waals surface area contributed by atoms with Gasteiger partial charge in [0.1, 0.15) is 11.5 Å². The number of hydrogen-bond acceptors (Lipinski definition) is 3. The van der Waals surface area contributed by atoms with Gasteiger partial charge in [0.25, 0.3) is 5.91 Å². The van der Waals surface area contributed by atoms with Gasteiger partial charge in [0.05, 0.1) is 13.4 Å². The molecule has 0 aliphatic carbocycles. The second kappa shape index (κ2) is 7.14. The molecule has 1 amide bonds. The molecule has 0 heterocycles. The van der Waals surface area contributed by atoms with Crippen LogP contribution < -0.4 is 14.8 Å². The third-order valence-corrected chi connectivity index (χ3v) is 2.82. The summed E-state index contributed by atoms with van der Waals surface area (Å²) >= 11 is 0. The van der Waals surface area contributed by atoms with E-state index in [1.54, 1.807) is 38.3 Å². The smallest absolute Gasteiger partial charge is 0.254 e. The summed E-state index contributed by atoms with van der Waals surface area (Å²) < 4.78 is 10.5. The van der Waals surface area contributed by atoms with Crippen LogP contribution in [0.5, 0.6) is 11.5 Å². The van der Waals surface area contributed by atoms with Crippen molar-refractivity contribution >= 4 is 11.6 Å². The highest BCUT2D eigenvalue weighted by Crippen LogP contribution is 2.17. The fourth-order valence-corrected chi connectivity index (χ4v) is 1.62. The molecule has 4 nitrogen and oxygen atoms in total. The number of carbonyl (C=O) groups is 1. The van der Waals surface area contributed by atoms with Crippen LogP contribution in [0.1, 0.15) is 6.92 Å². The number of ether oxygens (including phenoxy) is 2. The summed E-state index contributed by atoms with van der Waals surface area (Å²) in [6.07, 6.45) is 1.43. The van der Waals surface area contributed by atoms with Crippen molar-refractivity contribution in [1.82, 2.24) is 0 Å². The van der Waals surface area contributed by atoms with Gasteiger partial charge in [-0.3, -0.25) is 4.79 Å². The van der Waals surface area contributed by atoms with Gasteiger partial charge in [0.15, 0.2) is 0 Å². The lowest BCUT2D eigenvalue weighted by Crippen LogP contribution is -2.13. The van der Waals surface area contributed by atoms with Gasteiger partial charge >= 0.3 is 0 Å². The molecule has 0 saturated carbocycles. The first kappa shape index (κ1) is 14.7. The van der Waals surface area contributed by atoms with E-state index in [1.165, 1.54) is 6.26 Å². The maximum Gasteiger partial charge on any atom is 0.254 e. The van der Waals surface area contributed by atoms with Crippen molar-refractivity contribution in [1.29, 1.82) is 0 Å². The van der Waals surface area contributed by atoms with Gasteiger partial charge in [0, 0.05) is 11.3 Å². The average molecular weight is 283 g/mol. The molecule has 0 fully saturated rings. The lowest BCUT2D eigenvalue weighted by atomic mass is 10.2. The molecule has 0 aliphatic rings. The predicted octanol–water partition coefficient (Wildman–Crippen LogP) is 3.62. The van der Waals surface area contributed by atoms with E-state index in [0.717, 1.165) is 11.4 Å². The molecule has 2 aromatic carbocycles. The molecule has 0 bridgehead atoms. The Kier molecular flexibility index (Phi) is 4.99. The number of anilines is 1. The number of carbonyl (C=O) groups excluding carboxylic acids is 1. The maximum atomic E-state index is 12.0. The second-order valence-corrected chi connectivity index (χ2v) is 4.41. The van der Waals surface area contributed by atoms with Crippen molar-refractivity contribution in [2.24, 2.45) is 0 Å². The lowest BCUT2D eigenvalue weighted by molar-refractivity contribution is -0.112. The second-order valence-electron chi connectivity index (χ2n) is 4.41. The normalized spacial score (nSPS) is 10.9. The van der Waals surface area contributed by atoms with Crippen LogP contribution in [0.15, 0.2) is 66.4 Å². The molecule has 0 aliphatic heterocycles. The highest BCUT2D eigenvalue weighted by atomic mass is 16.5. The Labute approximate surface area is 124 Å². The zero-order valence-electron chi connectivity index (χ0n) is 12.0. The van der Waals surface area contributed by atoms with Crippen LogP contribution in [0.2, 0.25) is 0 Å². The van der Waals surface area contributed by atoms with Gasteiger partial charge in [0.2, 0.25) is 0 Å². The van der Waals surface area contributed by atoms with Gasteiger partial charge in [-0.25, -0.2) is 0 Å². The SMILES string of the molecule is COc1ccc(OC=C(C)C(=O)Nc2ccccc2)cc1. The van der Waals surface area contributed by atoms with Gasteiger partial charge in [-0.2, -0.15) is 0 Å². The third kappa shape index (κ3) is 4.38. The predicted molar refractivity (Wildman–Crippen MR) is 82.5 cm³/mol. The molecule has 2 rings (SSSR count). The van der Waals surface area contributed by atoms with Gasteiger partial charge < -0.3 is 14.8 Å². The lowest BCUT2D eigenvalue weighted by Gasteiger charge is -2.06. The van der Waals surface area contributed by atoms with E-state index in [1.807, 2.05) is 30.3 Å². The summed E-state index contributed by atoms with van der Waals surface area (Å²) in [4.78, 5) is 12.0. The van der Waals surface area contributed by atoms with E-state index in [-0.39, 0.29) is 5.91 Å². The van der Waals surface area contributed by atoms with Crippen molar-refractivity contribution in [2.45, 2.75) is 6.92 Å². The third-order valence-electron chi connectivity index (χ3n) is 2.82. The molecule has 4 heteroatoms. The first-order valence-electron chi connectivity index (χ1n) is 6.53. The van der Waals surface area contributed by atoms with Crippen molar-refractivity contribution in [3.8, 4) is 11.5 Å². The molecule has 21 heavy (non-hydrogen) atoms. The highest BCUT2D eigenvalue weighted by molar-refractivity contribution is 6.03. The van der Waals surface area contributed by atoms with E-state index in [9.17, 15) is 4.79 Å². The van der Waals surface area contributed by atoms with Crippen LogP contribution in [0.25, 0.3) is 0 Å². The van der Waals surface area contributed by atoms with E-state index in [0.29, 0.717) is 11.3 Å². The van der Waals surface area contributed by atoms with Crippen molar-refractivity contribution < 1.29 is 14.3 Å². The number of methoxy groups -OCH3 is 1. The Bertz CT molecular complexity index is 618.